The molecule has 0 amide bonds. The zero-order valence-electron chi connectivity index (χ0n) is 6.63. The molecule has 58 valence electrons. The fourth-order valence-corrected chi connectivity index (χ4v) is 0.467. The lowest BCUT2D eigenvalue weighted by atomic mass is 10.5. The van der Waals surface area contributed by atoms with E-state index < -0.39 is 0 Å². The van der Waals surface area contributed by atoms with Gasteiger partial charge < -0.3 is 9.64 Å². The highest BCUT2D eigenvalue weighted by Gasteiger charge is 1.89. The third-order valence-corrected chi connectivity index (χ3v) is 1.04. The van der Waals surface area contributed by atoms with Gasteiger partial charge >= 0.3 is 0 Å². The summed E-state index contributed by atoms with van der Waals surface area (Å²) in [5.74, 6) is 0. The van der Waals surface area contributed by atoms with E-state index in [0.29, 0.717) is 19.6 Å². The fourth-order valence-electron chi connectivity index (χ4n) is 0.467. The van der Waals surface area contributed by atoms with Crippen molar-refractivity contribution in [2.45, 2.75) is 6.42 Å². The number of nitrogens with zero attached hydrogens (tertiary/aromatic N) is 2. The molecular weight excluding hydrogens is 128 g/mol. The van der Waals surface area contributed by atoms with Crippen molar-refractivity contribution in [3.05, 3.63) is 0 Å². The zero-order chi connectivity index (χ0) is 7.82. The average Bonchev–Trinajstić information content (AvgIpc) is 1.87. The molecule has 0 rings (SSSR count). The van der Waals surface area contributed by atoms with Gasteiger partial charge in [-0.25, -0.2) is 0 Å². The number of likely N-dealkylation sites (N-methyl/N-ethyl adjacent to an activating group) is 1. The van der Waals surface area contributed by atoms with Gasteiger partial charge in [-0.15, -0.1) is 0 Å². The minimum atomic E-state index is 0.493. The Balaban J connectivity index is 2.86. The van der Waals surface area contributed by atoms with Crippen molar-refractivity contribution in [2.75, 3.05) is 33.9 Å². The van der Waals surface area contributed by atoms with Crippen LogP contribution in [0.3, 0.4) is 0 Å². The van der Waals surface area contributed by atoms with Crippen LogP contribution in [0.4, 0.5) is 0 Å². The van der Waals surface area contributed by atoms with Crippen molar-refractivity contribution in [3.63, 3.8) is 0 Å². The van der Waals surface area contributed by atoms with Crippen LogP contribution in [0, 0.1) is 11.3 Å². The Morgan fingerprint density at radius 1 is 1.40 bits per heavy atom. The summed E-state index contributed by atoms with van der Waals surface area (Å²) in [5, 5.41) is 8.13. The third kappa shape index (κ3) is 7.41. The molecule has 0 saturated heterocycles. The predicted molar refractivity (Wildman–Crippen MR) is 39.6 cm³/mol. The maximum absolute atomic E-state index is 8.13. The number of hydrogen-bond donors (Lipinski definition) is 0. The number of hydrogen-bond acceptors (Lipinski definition) is 3. The molecule has 0 aromatic rings. The molecule has 0 radical (unpaired) electrons. The zero-order valence-corrected chi connectivity index (χ0v) is 6.63. The fraction of sp³-hybridized carbons (Fsp3) is 0.857. The molecule has 0 N–H and O–H groups in total. The monoisotopic (exact) mass is 142 g/mol. The summed E-state index contributed by atoms with van der Waals surface area (Å²) in [6.45, 7) is 2.20. The van der Waals surface area contributed by atoms with Crippen LogP contribution in [0.5, 0.6) is 0 Å². The van der Waals surface area contributed by atoms with Crippen LogP contribution in [0.2, 0.25) is 0 Å². The van der Waals surface area contributed by atoms with Crippen LogP contribution in [0.15, 0.2) is 0 Å². The van der Waals surface area contributed by atoms with Crippen molar-refractivity contribution in [3.8, 4) is 6.07 Å². The van der Waals surface area contributed by atoms with Gasteiger partial charge in [0.15, 0.2) is 0 Å². The molecule has 10 heavy (non-hydrogen) atoms. The first-order valence-electron chi connectivity index (χ1n) is 3.37. The normalized spacial score (nSPS) is 9.80. The molecule has 3 nitrogen and oxygen atoms in total. The summed E-state index contributed by atoms with van der Waals surface area (Å²) in [6.07, 6.45) is 0.493. The highest BCUT2D eigenvalue weighted by molar-refractivity contribution is 4.67. The Hall–Kier alpha value is -0.590. The van der Waals surface area contributed by atoms with E-state index in [2.05, 4.69) is 0 Å². The van der Waals surface area contributed by atoms with Gasteiger partial charge in [0, 0.05) is 6.54 Å². The van der Waals surface area contributed by atoms with Crippen LogP contribution < -0.4 is 0 Å². The lowest BCUT2D eigenvalue weighted by molar-refractivity contribution is 0.122. The van der Waals surface area contributed by atoms with Gasteiger partial charge in [0.25, 0.3) is 0 Å². The summed E-state index contributed by atoms with van der Waals surface area (Å²) in [6, 6.07) is 2.02. The summed E-state index contributed by atoms with van der Waals surface area (Å²) in [7, 11) is 3.99. The van der Waals surface area contributed by atoms with E-state index in [1.54, 1.807) is 0 Å². The Kier molecular flexibility index (Phi) is 6.14. The van der Waals surface area contributed by atoms with Crippen LogP contribution in [-0.2, 0) is 4.74 Å². The molecule has 0 aromatic carbocycles. The second-order valence-electron chi connectivity index (χ2n) is 2.32. The second kappa shape index (κ2) is 6.53. The molecule has 0 aromatic heterocycles. The van der Waals surface area contributed by atoms with Gasteiger partial charge in [-0.1, -0.05) is 0 Å². The largest absolute Gasteiger partial charge is 0.379 e. The Morgan fingerprint density at radius 2 is 2.10 bits per heavy atom. The molecule has 0 aliphatic heterocycles. The maximum atomic E-state index is 8.13. The molecule has 0 aliphatic carbocycles. The Labute approximate surface area is 62.2 Å². The van der Waals surface area contributed by atoms with Crippen LogP contribution in [0.1, 0.15) is 6.42 Å². The van der Waals surface area contributed by atoms with E-state index >= 15 is 0 Å². The van der Waals surface area contributed by atoms with Crippen LogP contribution >= 0.6 is 0 Å². The van der Waals surface area contributed by atoms with Crippen molar-refractivity contribution < 1.29 is 4.74 Å². The van der Waals surface area contributed by atoms with Gasteiger partial charge in [0.1, 0.15) is 0 Å². The standard InChI is InChI=1S/C7H14N2O/c1-9(2)5-7-10-6-3-4-8/h3,5-7H2,1-2H3. The Bertz CT molecular complexity index is 107. The van der Waals surface area contributed by atoms with Gasteiger partial charge in [-0.05, 0) is 14.1 Å². The van der Waals surface area contributed by atoms with E-state index in [4.69, 9.17) is 10.00 Å². The van der Waals surface area contributed by atoms with Gasteiger partial charge in [0.2, 0.25) is 0 Å². The molecule has 0 fully saturated rings. The topological polar surface area (TPSA) is 36.3 Å². The lowest BCUT2D eigenvalue weighted by Gasteiger charge is -2.08. The minimum absolute atomic E-state index is 0.493. The third-order valence-electron chi connectivity index (χ3n) is 1.04. The van der Waals surface area contributed by atoms with Crippen molar-refractivity contribution in [1.29, 1.82) is 5.26 Å². The maximum Gasteiger partial charge on any atom is 0.0645 e. The quantitative estimate of drug-likeness (QED) is 0.524. The molecule has 0 aliphatic rings. The highest BCUT2D eigenvalue weighted by Crippen LogP contribution is 1.81. The van der Waals surface area contributed by atoms with Crippen molar-refractivity contribution in [1.82, 2.24) is 4.90 Å². The minimum Gasteiger partial charge on any atom is -0.379 e. The van der Waals surface area contributed by atoms with E-state index in [0.717, 1.165) is 6.54 Å². The molecular formula is C7H14N2O. The summed E-state index contributed by atoms with van der Waals surface area (Å²) in [5.41, 5.74) is 0. The smallest absolute Gasteiger partial charge is 0.0645 e. The van der Waals surface area contributed by atoms with Gasteiger partial charge in [0.05, 0.1) is 25.7 Å². The van der Waals surface area contributed by atoms with Gasteiger partial charge in [-0.2, -0.15) is 5.26 Å². The van der Waals surface area contributed by atoms with Crippen molar-refractivity contribution in [2.24, 2.45) is 0 Å². The van der Waals surface area contributed by atoms with E-state index in [1.807, 2.05) is 25.1 Å². The molecule has 0 heterocycles. The highest BCUT2D eigenvalue weighted by atomic mass is 16.5. The molecule has 0 unspecified atom stereocenters. The first-order valence-corrected chi connectivity index (χ1v) is 3.37. The molecule has 0 saturated carbocycles. The van der Waals surface area contributed by atoms with E-state index in [9.17, 15) is 0 Å². The summed E-state index contributed by atoms with van der Waals surface area (Å²) in [4.78, 5) is 2.05. The average molecular weight is 142 g/mol. The SMILES string of the molecule is CN(C)CCOCCC#N. The predicted octanol–water partition coefficient (Wildman–Crippen LogP) is 0.478. The van der Waals surface area contributed by atoms with E-state index in [-0.39, 0.29) is 0 Å². The van der Waals surface area contributed by atoms with Crippen LogP contribution in [0.25, 0.3) is 0 Å². The second-order valence-corrected chi connectivity index (χ2v) is 2.32. The summed E-state index contributed by atoms with van der Waals surface area (Å²) < 4.78 is 5.12. The van der Waals surface area contributed by atoms with Crippen LogP contribution in [-0.4, -0.2) is 38.8 Å². The van der Waals surface area contributed by atoms with Gasteiger partial charge in [-0.3, -0.25) is 0 Å². The number of ether oxygens (including phenoxy) is 1. The van der Waals surface area contributed by atoms with E-state index in [1.165, 1.54) is 0 Å². The first kappa shape index (κ1) is 9.41. The summed E-state index contributed by atoms with van der Waals surface area (Å²) >= 11 is 0. The molecule has 0 atom stereocenters. The number of rotatable bonds is 5. The molecule has 3 heteroatoms. The molecule has 0 spiro atoms. The lowest BCUT2D eigenvalue weighted by Crippen LogP contribution is -2.18. The Morgan fingerprint density at radius 3 is 2.60 bits per heavy atom. The molecule has 0 bridgehead atoms. The number of nitriles is 1. The first-order chi connectivity index (χ1) is 4.77. The van der Waals surface area contributed by atoms with Crippen molar-refractivity contribution >= 4 is 0 Å².